The van der Waals surface area contributed by atoms with E-state index in [-0.39, 0.29) is 18.0 Å². The van der Waals surface area contributed by atoms with E-state index < -0.39 is 16.1 Å². The largest absolute Gasteiger partial charge is 0.506 e. The second-order valence-corrected chi connectivity index (χ2v) is 6.15. The van der Waals surface area contributed by atoms with E-state index in [4.69, 9.17) is 0 Å². The molecule has 0 atom stereocenters. The fourth-order valence-corrected chi connectivity index (χ4v) is 3.28. The smallest absolute Gasteiger partial charge is 0.326 e. The van der Waals surface area contributed by atoms with Crippen molar-refractivity contribution in [1.29, 1.82) is 0 Å². The van der Waals surface area contributed by atoms with Crippen molar-refractivity contribution >= 4 is 21.8 Å². The van der Waals surface area contributed by atoms with Gasteiger partial charge in [-0.3, -0.25) is 4.79 Å². The maximum absolute atomic E-state index is 11.8. The Balaban J connectivity index is 2.50. The first-order valence-electron chi connectivity index (χ1n) is 6.01. The summed E-state index contributed by atoms with van der Waals surface area (Å²) in [4.78, 5) is 11.2. The van der Waals surface area contributed by atoms with Gasteiger partial charge in [-0.1, -0.05) is 13.3 Å². The lowest BCUT2D eigenvalue weighted by molar-refractivity contribution is -0.117. The van der Waals surface area contributed by atoms with Crippen molar-refractivity contribution in [2.75, 3.05) is 10.8 Å². The summed E-state index contributed by atoms with van der Waals surface area (Å²) in [5, 5.41) is 9.92. The third kappa shape index (κ3) is 2.51. The molecule has 104 valence electrons. The van der Waals surface area contributed by atoms with Gasteiger partial charge >= 0.3 is 10.2 Å². The minimum absolute atomic E-state index is 0.141. The van der Waals surface area contributed by atoms with Crippen molar-refractivity contribution in [3.8, 4) is 5.75 Å². The Kier molecular flexibility index (Phi) is 3.40. The Morgan fingerprint density at radius 1 is 1.42 bits per heavy atom. The SMILES string of the molecule is CCCc1cc(N2CC(=O)NS2(=O)=O)c(O)cc1C. The molecular weight excluding hydrogens is 268 g/mol. The van der Waals surface area contributed by atoms with Gasteiger partial charge in [0.2, 0.25) is 0 Å². The summed E-state index contributed by atoms with van der Waals surface area (Å²) in [6.45, 7) is 3.57. The van der Waals surface area contributed by atoms with Gasteiger partial charge in [0.05, 0.1) is 5.69 Å². The van der Waals surface area contributed by atoms with Crippen LogP contribution in [0.4, 0.5) is 5.69 Å². The van der Waals surface area contributed by atoms with Crippen LogP contribution in [0, 0.1) is 6.92 Å². The average Bonchev–Trinajstić information content (AvgIpc) is 2.56. The van der Waals surface area contributed by atoms with Crippen LogP contribution in [-0.2, 0) is 21.4 Å². The summed E-state index contributed by atoms with van der Waals surface area (Å²) in [5.74, 6) is -0.741. The lowest BCUT2D eigenvalue weighted by atomic mass is 10.0. The summed E-state index contributed by atoms with van der Waals surface area (Å²) in [7, 11) is -3.88. The zero-order valence-corrected chi connectivity index (χ0v) is 11.6. The number of aryl methyl sites for hydroxylation is 2. The van der Waals surface area contributed by atoms with Gasteiger partial charge in [-0.05, 0) is 36.6 Å². The molecule has 1 aliphatic rings. The number of phenols is 1. The first-order chi connectivity index (χ1) is 8.85. The number of phenolic OH excluding ortho intramolecular Hbond substituents is 1. The average molecular weight is 284 g/mol. The van der Waals surface area contributed by atoms with Crippen LogP contribution in [0.2, 0.25) is 0 Å². The summed E-state index contributed by atoms with van der Waals surface area (Å²) in [6.07, 6.45) is 1.70. The monoisotopic (exact) mass is 284 g/mol. The van der Waals surface area contributed by atoms with Crippen molar-refractivity contribution in [2.45, 2.75) is 26.7 Å². The van der Waals surface area contributed by atoms with Crippen LogP contribution in [0.1, 0.15) is 24.5 Å². The molecule has 0 aromatic heterocycles. The van der Waals surface area contributed by atoms with Crippen molar-refractivity contribution in [1.82, 2.24) is 4.72 Å². The van der Waals surface area contributed by atoms with Crippen LogP contribution < -0.4 is 9.03 Å². The topological polar surface area (TPSA) is 86.7 Å². The second-order valence-electron chi connectivity index (χ2n) is 4.55. The second kappa shape index (κ2) is 4.73. The maximum atomic E-state index is 11.8. The minimum atomic E-state index is -3.88. The fraction of sp³-hybridized carbons (Fsp3) is 0.417. The molecule has 1 heterocycles. The van der Waals surface area contributed by atoms with Gasteiger partial charge in [0, 0.05) is 0 Å². The Hall–Kier alpha value is -1.76. The molecule has 1 fully saturated rings. The molecule has 2 N–H and O–H groups in total. The van der Waals surface area contributed by atoms with Crippen LogP contribution in [0.25, 0.3) is 0 Å². The first kappa shape index (κ1) is 13.7. The zero-order chi connectivity index (χ0) is 14.2. The first-order valence-corrected chi connectivity index (χ1v) is 7.45. The van der Waals surface area contributed by atoms with Crippen molar-refractivity contribution in [3.05, 3.63) is 23.3 Å². The van der Waals surface area contributed by atoms with Crippen molar-refractivity contribution in [2.24, 2.45) is 0 Å². The number of amides is 1. The Bertz CT molecular complexity index is 625. The normalized spacial score (nSPS) is 17.6. The number of aromatic hydroxyl groups is 1. The molecule has 6 nitrogen and oxygen atoms in total. The van der Waals surface area contributed by atoms with Crippen molar-refractivity contribution < 1.29 is 18.3 Å². The van der Waals surface area contributed by atoms with E-state index in [1.807, 2.05) is 18.6 Å². The number of carbonyl (C=O) groups excluding carboxylic acids is 1. The van der Waals surface area contributed by atoms with Gasteiger partial charge in [0.15, 0.2) is 0 Å². The molecule has 1 saturated heterocycles. The summed E-state index contributed by atoms with van der Waals surface area (Å²) in [6, 6.07) is 3.16. The summed E-state index contributed by atoms with van der Waals surface area (Å²) in [5.41, 5.74) is 2.01. The molecule has 1 aliphatic heterocycles. The molecule has 0 radical (unpaired) electrons. The number of hydrogen-bond acceptors (Lipinski definition) is 4. The standard InChI is InChI=1S/C12H16N2O4S/c1-3-4-9-6-10(11(15)5-8(9)2)14-7-12(16)13-19(14,17)18/h5-6,15H,3-4,7H2,1-2H3,(H,13,16). The number of rotatable bonds is 3. The van der Waals surface area contributed by atoms with Gasteiger partial charge in [0.25, 0.3) is 5.91 Å². The van der Waals surface area contributed by atoms with Crippen LogP contribution in [0.15, 0.2) is 12.1 Å². The highest BCUT2D eigenvalue weighted by Crippen LogP contribution is 2.33. The van der Waals surface area contributed by atoms with Gasteiger partial charge < -0.3 is 5.11 Å². The molecule has 0 saturated carbocycles. The highest BCUT2D eigenvalue weighted by molar-refractivity contribution is 7.92. The number of anilines is 1. The highest BCUT2D eigenvalue weighted by atomic mass is 32.2. The Labute approximate surface area is 112 Å². The maximum Gasteiger partial charge on any atom is 0.326 e. The minimum Gasteiger partial charge on any atom is -0.506 e. The molecule has 1 amide bonds. The van der Waals surface area contributed by atoms with E-state index in [1.54, 1.807) is 6.07 Å². The molecule has 0 bridgehead atoms. The van der Waals surface area contributed by atoms with E-state index in [2.05, 4.69) is 0 Å². The van der Waals surface area contributed by atoms with E-state index in [0.29, 0.717) is 0 Å². The Morgan fingerprint density at radius 3 is 2.63 bits per heavy atom. The molecule has 1 aromatic rings. The van der Waals surface area contributed by atoms with Crippen LogP contribution in [0.3, 0.4) is 0 Å². The number of benzene rings is 1. The molecule has 0 spiro atoms. The number of hydrogen-bond donors (Lipinski definition) is 2. The van der Waals surface area contributed by atoms with Gasteiger partial charge in [-0.15, -0.1) is 0 Å². The number of nitrogens with zero attached hydrogens (tertiary/aromatic N) is 1. The highest BCUT2D eigenvalue weighted by Gasteiger charge is 2.35. The van der Waals surface area contributed by atoms with E-state index >= 15 is 0 Å². The molecule has 1 aromatic carbocycles. The molecule has 2 rings (SSSR count). The van der Waals surface area contributed by atoms with E-state index in [9.17, 15) is 18.3 Å². The zero-order valence-electron chi connectivity index (χ0n) is 10.8. The summed E-state index contributed by atoms with van der Waals surface area (Å²) < 4.78 is 26.3. The summed E-state index contributed by atoms with van der Waals surface area (Å²) >= 11 is 0. The Morgan fingerprint density at radius 2 is 2.11 bits per heavy atom. The third-order valence-electron chi connectivity index (χ3n) is 3.04. The van der Waals surface area contributed by atoms with E-state index in [1.165, 1.54) is 6.07 Å². The lowest BCUT2D eigenvalue weighted by Gasteiger charge is -2.18. The molecule has 19 heavy (non-hydrogen) atoms. The molecular formula is C12H16N2O4S. The van der Waals surface area contributed by atoms with Gasteiger partial charge in [-0.2, -0.15) is 8.42 Å². The molecule has 7 heteroatoms. The van der Waals surface area contributed by atoms with Crippen LogP contribution in [-0.4, -0.2) is 26.0 Å². The lowest BCUT2D eigenvalue weighted by Crippen LogP contribution is -2.29. The number of carbonyl (C=O) groups is 1. The molecule has 0 aliphatic carbocycles. The predicted octanol–water partition coefficient (Wildman–Crippen LogP) is 0.834. The fourth-order valence-electron chi connectivity index (χ4n) is 2.12. The van der Waals surface area contributed by atoms with E-state index in [0.717, 1.165) is 28.3 Å². The number of nitrogens with one attached hydrogen (secondary N) is 1. The predicted molar refractivity (Wildman–Crippen MR) is 71.2 cm³/mol. The van der Waals surface area contributed by atoms with Crippen LogP contribution >= 0.6 is 0 Å². The molecule has 0 unspecified atom stereocenters. The quantitative estimate of drug-likeness (QED) is 0.861. The third-order valence-corrected chi connectivity index (χ3v) is 4.43. The van der Waals surface area contributed by atoms with Crippen molar-refractivity contribution in [3.63, 3.8) is 0 Å². The van der Waals surface area contributed by atoms with Gasteiger partial charge in [0.1, 0.15) is 12.3 Å². The van der Waals surface area contributed by atoms with Crippen LogP contribution in [0.5, 0.6) is 5.75 Å². The van der Waals surface area contributed by atoms with Gasteiger partial charge in [-0.25, -0.2) is 9.03 Å².